The van der Waals surface area contributed by atoms with Crippen molar-refractivity contribution in [3.8, 4) is 11.1 Å². The van der Waals surface area contributed by atoms with Gasteiger partial charge in [0.25, 0.3) is 11.8 Å². The molecule has 2 aromatic carbocycles. The summed E-state index contributed by atoms with van der Waals surface area (Å²) in [6.45, 7) is -0.271. The quantitative estimate of drug-likeness (QED) is 0.0942. The number of pyridine rings is 1. The largest absolute Gasteiger partial charge is 0.593 e. The molecule has 1 N–H and O–H groups in total. The van der Waals surface area contributed by atoms with Crippen molar-refractivity contribution in [2.75, 3.05) is 43.4 Å². The number of amides is 2. The van der Waals surface area contributed by atoms with E-state index in [-0.39, 0.29) is 57.7 Å². The average molecular weight is 963 g/mol. The molecule has 1 saturated heterocycles. The molecule has 12 nitrogen and oxygen atoms in total. The fourth-order valence-electron chi connectivity index (χ4n) is 8.66. The SMILES string of the molecule is CCc1ccc(-c2ccc(Cl)c3c(N(C(=O)CN4CCOCC4)[S+](C)[O-])nn(CC(F)(F)F)c23)c(C(Cc2cc(F)cc(F)c2)NC(=O)Cn2nc(C(F)(F)F)c3c2C(F)(F)[C@@H]2C[C@H]32)n1. The highest BCUT2D eigenvalue weighted by Crippen LogP contribution is 2.68. The second-order valence-electron chi connectivity index (χ2n) is 15.9. The normalized spacial score (nSPS) is 19.2. The first-order chi connectivity index (χ1) is 30.5. The Morgan fingerprint density at radius 1 is 1.00 bits per heavy atom. The van der Waals surface area contributed by atoms with Crippen molar-refractivity contribution >= 4 is 51.5 Å². The summed E-state index contributed by atoms with van der Waals surface area (Å²) in [6.07, 6.45) is -9.41. The molecule has 3 aliphatic rings. The Morgan fingerprint density at radius 3 is 2.31 bits per heavy atom. The predicted molar refractivity (Wildman–Crippen MR) is 215 cm³/mol. The van der Waals surface area contributed by atoms with Crippen molar-refractivity contribution in [3.05, 3.63) is 93.0 Å². The lowest BCUT2D eigenvalue weighted by Gasteiger charge is -2.28. The first-order valence-corrected chi connectivity index (χ1v) is 22.0. The van der Waals surface area contributed by atoms with Crippen molar-refractivity contribution in [1.82, 2.24) is 34.8 Å². The van der Waals surface area contributed by atoms with Crippen molar-refractivity contribution < 1.29 is 62.8 Å². The van der Waals surface area contributed by atoms with E-state index in [0.717, 1.165) is 22.7 Å². The summed E-state index contributed by atoms with van der Waals surface area (Å²) in [5.74, 6) is -10.8. The first-order valence-electron chi connectivity index (χ1n) is 20.1. The Kier molecular flexibility index (Phi) is 12.4. The van der Waals surface area contributed by atoms with Gasteiger partial charge in [-0.15, -0.1) is 9.40 Å². The fourth-order valence-corrected chi connectivity index (χ4v) is 9.61. The van der Waals surface area contributed by atoms with Gasteiger partial charge in [-0.1, -0.05) is 30.7 Å². The number of aryl methyl sites for hydroxylation is 1. The molecule has 3 aromatic heterocycles. The molecular formula is C41H37ClF10N8O4S. The molecule has 0 spiro atoms. The van der Waals surface area contributed by atoms with Crippen LogP contribution in [0.3, 0.4) is 0 Å². The molecular weight excluding hydrogens is 926 g/mol. The highest BCUT2D eigenvalue weighted by atomic mass is 35.5. The number of ether oxygens (including phenoxy) is 1. The van der Waals surface area contributed by atoms with Gasteiger partial charge in [0.15, 0.2) is 5.69 Å². The zero-order chi connectivity index (χ0) is 46.9. The number of alkyl halides is 8. The summed E-state index contributed by atoms with van der Waals surface area (Å²) >= 11 is 4.50. The predicted octanol–water partition coefficient (Wildman–Crippen LogP) is 7.64. The Morgan fingerprint density at radius 2 is 1.68 bits per heavy atom. The Labute approximate surface area is 371 Å². The Bertz CT molecular complexity index is 2650. The van der Waals surface area contributed by atoms with Crippen molar-refractivity contribution in [2.24, 2.45) is 5.92 Å². The van der Waals surface area contributed by atoms with Crippen LogP contribution in [0.15, 0.2) is 42.5 Å². The number of fused-ring (bicyclic) bond motifs is 4. The molecule has 0 bridgehead atoms. The topological polar surface area (TPSA) is 133 Å². The third-order valence-electron chi connectivity index (χ3n) is 11.4. The molecule has 2 amide bonds. The van der Waals surface area contributed by atoms with E-state index in [1.165, 1.54) is 24.3 Å². The smallest absolute Gasteiger partial charge is 0.435 e. The molecule has 24 heteroatoms. The van der Waals surface area contributed by atoms with Crippen molar-refractivity contribution in [3.63, 3.8) is 0 Å². The highest BCUT2D eigenvalue weighted by molar-refractivity contribution is 7.92. The summed E-state index contributed by atoms with van der Waals surface area (Å²) in [7, 11) is 0. The van der Waals surface area contributed by atoms with Crippen LogP contribution in [-0.2, 0) is 63.7 Å². The standard InChI is InChI=1S/C41H37ClF10N8O4S/c1-3-23-4-5-24(25-6-7-28(42)33-35(25)59(19-39(45,46)47)56-38(33)60(65(2)63)31(62)18-57-8-10-64-11-9-57)34(53-23)29(14-20-12-21(43)15-22(44)13-20)54-30(61)17-58-37-32(36(55-58)41(50,51)52)26-16-27(26)40(37,48)49/h4-7,12-13,15,26-27,29H,3,8-11,14,16-19H2,1-2H3,(H,54,61)/t26-,27+,29?,65?/m0/s1. The minimum absolute atomic E-state index is 0.0179. The number of morpholine rings is 1. The number of rotatable bonds is 13. The number of hydrogen-bond donors (Lipinski definition) is 1. The first kappa shape index (κ1) is 46.6. The maximum Gasteiger partial charge on any atom is 0.435 e. The average Bonchev–Trinajstić information content (AvgIpc) is 3.73. The molecule has 4 atom stereocenters. The number of nitrogens with one attached hydrogen (secondary N) is 1. The van der Waals surface area contributed by atoms with Crippen molar-refractivity contribution in [2.45, 2.75) is 69.5 Å². The van der Waals surface area contributed by atoms with Gasteiger partial charge in [-0.3, -0.25) is 28.8 Å². The third-order valence-corrected chi connectivity index (χ3v) is 12.7. The van der Waals surface area contributed by atoms with E-state index < -0.39 is 113 Å². The van der Waals surface area contributed by atoms with Crippen LogP contribution >= 0.6 is 11.6 Å². The molecule has 65 heavy (non-hydrogen) atoms. The number of anilines is 1. The number of benzene rings is 2. The summed E-state index contributed by atoms with van der Waals surface area (Å²) < 4.78 is 166. The molecule has 348 valence electrons. The maximum atomic E-state index is 15.5. The number of hydrogen-bond acceptors (Lipinski definition) is 8. The molecule has 1 aliphatic heterocycles. The fraction of sp³-hybridized carbons (Fsp3) is 0.439. The van der Waals surface area contributed by atoms with Crippen LogP contribution < -0.4 is 9.62 Å². The van der Waals surface area contributed by atoms with E-state index in [4.69, 9.17) is 21.3 Å². The Hall–Kier alpha value is -4.97. The molecule has 8 rings (SSSR count). The molecule has 2 unspecified atom stereocenters. The second-order valence-corrected chi connectivity index (χ2v) is 17.6. The van der Waals surface area contributed by atoms with Gasteiger partial charge in [-0.25, -0.2) is 8.78 Å². The van der Waals surface area contributed by atoms with E-state index in [1.807, 2.05) is 0 Å². The van der Waals surface area contributed by atoms with Gasteiger partial charge in [0.1, 0.15) is 36.7 Å². The minimum Gasteiger partial charge on any atom is -0.593 e. The van der Waals surface area contributed by atoms with Crippen LogP contribution in [-0.4, -0.2) is 91.1 Å². The second kappa shape index (κ2) is 17.4. The van der Waals surface area contributed by atoms with Gasteiger partial charge in [-0.2, -0.15) is 40.2 Å². The number of aromatic nitrogens is 5. The minimum atomic E-state index is -5.13. The van der Waals surface area contributed by atoms with Crippen LogP contribution in [0.5, 0.6) is 0 Å². The summed E-state index contributed by atoms with van der Waals surface area (Å²) in [5, 5.41) is 9.70. The van der Waals surface area contributed by atoms with E-state index in [9.17, 15) is 49.3 Å². The summed E-state index contributed by atoms with van der Waals surface area (Å²) in [5.41, 5.74) is -3.62. The lowest BCUT2D eigenvalue weighted by Crippen LogP contribution is -2.46. The highest BCUT2D eigenvalue weighted by Gasteiger charge is 2.68. The number of carbonyl (C=O) groups is 2. The molecule has 4 heterocycles. The molecule has 0 radical (unpaired) electrons. The van der Waals surface area contributed by atoms with Crippen LogP contribution in [0.2, 0.25) is 5.02 Å². The van der Waals surface area contributed by atoms with Crippen LogP contribution in [0, 0.1) is 17.6 Å². The van der Waals surface area contributed by atoms with E-state index in [0.29, 0.717) is 47.4 Å². The molecule has 2 fully saturated rings. The summed E-state index contributed by atoms with van der Waals surface area (Å²) in [6, 6.07) is 6.43. The van der Waals surface area contributed by atoms with E-state index in [1.54, 1.807) is 11.8 Å². The number of halogens is 11. The zero-order valence-electron chi connectivity index (χ0n) is 34.2. The van der Waals surface area contributed by atoms with Crippen LogP contribution in [0.4, 0.5) is 49.7 Å². The maximum absolute atomic E-state index is 15.5. The lowest BCUT2D eigenvalue weighted by atomic mass is 9.93. The van der Waals surface area contributed by atoms with Crippen molar-refractivity contribution in [1.29, 1.82) is 0 Å². The molecule has 2 aliphatic carbocycles. The molecule has 1 saturated carbocycles. The zero-order valence-corrected chi connectivity index (χ0v) is 35.7. The van der Waals surface area contributed by atoms with Crippen LogP contribution in [0.1, 0.15) is 59.2 Å². The van der Waals surface area contributed by atoms with Gasteiger partial charge in [0.05, 0.1) is 58.8 Å². The Balaban J connectivity index is 1.27. The number of carbonyl (C=O) groups excluding carboxylic acids is 2. The number of nitrogens with zero attached hydrogens (tertiary/aromatic N) is 7. The third kappa shape index (κ3) is 9.25. The van der Waals surface area contributed by atoms with Crippen LogP contribution in [0.25, 0.3) is 22.0 Å². The van der Waals surface area contributed by atoms with Gasteiger partial charge < -0.3 is 14.6 Å². The van der Waals surface area contributed by atoms with Gasteiger partial charge in [-0.05, 0) is 55.0 Å². The lowest BCUT2D eigenvalue weighted by molar-refractivity contribution is -0.143. The summed E-state index contributed by atoms with van der Waals surface area (Å²) in [4.78, 5) is 34.2. The van der Waals surface area contributed by atoms with Gasteiger partial charge >= 0.3 is 12.4 Å². The molecule has 5 aromatic rings. The van der Waals surface area contributed by atoms with E-state index >= 15 is 8.78 Å². The van der Waals surface area contributed by atoms with E-state index in [2.05, 4.69) is 15.5 Å². The van der Waals surface area contributed by atoms with Gasteiger partial charge in [0.2, 0.25) is 11.7 Å². The van der Waals surface area contributed by atoms with Gasteiger partial charge in [0, 0.05) is 47.5 Å². The monoisotopic (exact) mass is 962 g/mol.